The van der Waals surface area contributed by atoms with Crippen molar-refractivity contribution in [3.8, 4) is 0 Å². The van der Waals surface area contributed by atoms with E-state index in [0.717, 1.165) is 38.5 Å². The number of aryl methyl sites for hydroxylation is 1. The highest BCUT2D eigenvalue weighted by atomic mass is 32.1. The van der Waals surface area contributed by atoms with E-state index in [9.17, 15) is 0 Å². The smallest absolute Gasteiger partial charge is 0.0953 e. The van der Waals surface area contributed by atoms with Gasteiger partial charge in [-0.2, -0.15) is 11.3 Å². The molecule has 0 saturated carbocycles. The molecule has 2 aromatic heterocycles. The van der Waals surface area contributed by atoms with Gasteiger partial charge in [0.05, 0.1) is 24.3 Å². The molecule has 0 N–H and O–H groups in total. The Balaban J connectivity index is 1.73. The number of imidazole rings is 1. The third-order valence-electron chi connectivity index (χ3n) is 3.71. The maximum absolute atomic E-state index is 5.53. The average Bonchev–Trinajstić information content (AvgIpc) is 3.03. The molecular weight excluding hydrogens is 270 g/mol. The van der Waals surface area contributed by atoms with Crippen molar-refractivity contribution in [3.63, 3.8) is 0 Å². The predicted octanol–water partition coefficient (Wildman–Crippen LogP) is 2.89. The van der Waals surface area contributed by atoms with Crippen LogP contribution in [0.3, 0.4) is 0 Å². The summed E-state index contributed by atoms with van der Waals surface area (Å²) in [5.41, 5.74) is 3.84. The molecule has 4 nitrogen and oxygen atoms in total. The van der Waals surface area contributed by atoms with Crippen molar-refractivity contribution in [1.82, 2.24) is 14.5 Å². The molecule has 0 spiro atoms. The van der Waals surface area contributed by atoms with Crippen molar-refractivity contribution in [1.29, 1.82) is 0 Å². The van der Waals surface area contributed by atoms with Gasteiger partial charge < -0.3 is 9.30 Å². The second-order valence-corrected chi connectivity index (χ2v) is 5.94. The molecule has 2 aromatic rings. The molecule has 0 saturated heterocycles. The van der Waals surface area contributed by atoms with E-state index in [4.69, 9.17) is 4.74 Å². The summed E-state index contributed by atoms with van der Waals surface area (Å²) in [5.74, 6) is 0. The lowest BCUT2D eigenvalue weighted by atomic mass is 10.2. The van der Waals surface area contributed by atoms with Crippen LogP contribution < -0.4 is 0 Å². The van der Waals surface area contributed by atoms with E-state index in [0.29, 0.717) is 6.61 Å². The van der Waals surface area contributed by atoms with Crippen LogP contribution in [0.1, 0.15) is 30.3 Å². The van der Waals surface area contributed by atoms with Crippen molar-refractivity contribution in [3.05, 3.63) is 40.1 Å². The van der Waals surface area contributed by atoms with E-state index in [-0.39, 0.29) is 0 Å². The minimum Gasteiger partial charge on any atom is -0.375 e. The molecule has 0 bridgehead atoms. The first kappa shape index (κ1) is 13.8. The molecule has 0 amide bonds. The van der Waals surface area contributed by atoms with Gasteiger partial charge >= 0.3 is 0 Å². The summed E-state index contributed by atoms with van der Waals surface area (Å²) in [5, 5.41) is 4.39. The largest absolute Gasteiger partial charge is 0.375 e. The Morgan fingerprint density at radius 1 is 1.40 bits per heavy atom. The van der Waals surface area contributed by atoms with Gasteiger partial charge in [-0.1, -0.05) is 0 Å². The van der Waals surface area contributed by atoms with E-state index in [1.165, 1.54) is 17.7 Å². The van der Waals surface area contributed by atoms with Gasteiger partial charge in [0.25, 0.3) is 0 Å². The van der Waals surface area contributed by atoms with E-state index < -0.39 is 0 Å². The highest BCUT2D eigenvalue weighted by molar-refractivity contribution is 7.07. The van der Waals surface area contributed by atoms with Crippen LogP contribution >= 0.6 is 11.3 Å². The van der Waals surface area contributed by atoms with E-state index in [1.807, 2.05) is 13.3 Å². The molecule has 0 unspecified atom stereocenters. The molecule has 0 atom stereocenters. The molecule has 3 rings (SSSR count). The molecular formula is C15H21N3OS. The first-order chi connectivity index (χ1) is 9.86. The normalized spacial score (nSPS) is 16.1. The van der Waals surface area contributed by atoms with Crippen molar-refractivity contribution in [2.75, 3.05) is 13.2 Å². The molecule has 5 heteroatoms. The van der Waals surface area contributed by atoms with Crippen LogP contribution in [-0.2, 0) is 31.0 Å². The lowest BCUT2D eigenvalue weighted by molar-refractivity contribution is 0.130. The zero-order valence-corrected chi connectivity index (χ0v) is 12.7. The summed E-state index contributed by atoms with van der Waals surface area (Å²) in [7, 11) is 0. The van der Waals surface area contributed by atoms with Gasteiger partial charge in [-0.15, -0.1) is 0 Å². The zero-order valence-electron chi connectivity index (χ0n) is 11.9. The number of fused-ring (bicyclic) bond motifs is 1. The fourth-order valence-corrected chi connectivity index (χ4v) is 3.33. The van der Waals surface area contributed by atoms with Crippen molar-refractivity contribution in [2.45, 2.75) is 39.6 Å². The zero-order chi connectivity index (χ0) is 13.8. The molecule has 3 heterocycles. The number of rotatable bonds is 5. The maximum atomic E-state index is 5.53. The number of thiophene rings is 1. The first-order valence-electron chi connectivity index (χ1n) is 7.21. The van der Waals surface area contributed by atoms with E-state index >= 15 is 0 Å². The molecule has 0 aromatic carbocycles. The number of nitrogens with zero attached hydrogens (tertiary/aromatic N) is 3. The van der Waals surface area contributed by atoms with Crippen LogP contribution in [0, 0.1) is 0 Å². The Morgan fingerprint density at radius 3 is 3.15 bits per heavy atom. The van der Waals surface area contributed by atoms with Gasteiger partial charge in [0.2, 0.25) is 0 Å². The Kier molecular flexibility index (Phi) is 4.50. The van der Waals surface area contributed by atoms with Crippen molar-refractivity contribution >= 4 is 11.3 Å². The number of ether oxygens (including phenoxy) is 1. The molecule has 0 radical (unpaired) electrons. The molecule has 0 aliphatic carbocycles. The summed E-state index contributed by atoms with van der Waals surface area (Å²) in [4.78, 5) is 7.03. The van der Waals surface area contributed by atoms with Gasteiger partial charge in [-0.05, 0) is 35.7 Å². The summed E-state index contributed by atoms with van der Waals surface area (Å²) >= 11 is 1.77. The summed E-state index contributed by atoms with van der Waals surface area (Å²) < 4.78 is 7.83. The first-order valence-corrected chi connectivity index (χ1v) is 8.15. The van der Waals surface area contributed by atoms with Crippen molar-refractivity contribution < 1.29 is 4.74 Å². The van der Waals surface area contributed by atoms with Crippen LogP contribution in [0.5, 0.6) is 0 Å². The Labute approximate surface area is 124 Å². The van der Waals surface area contributed by atoms with Crippen LogP contribution in [0.2, 0.25) is 0 Å². The van der Waals surface area contributed by atoms with Crippen LogP contribution in [0.15, 0.2) is 23.2 Å². The lowest BCUT2D eigenvalue weighted by Gasteiger charge is -2.19. The van der Waals surface area contributed by atoms with Crippen LogP contribution in [0.25, 0.3) is 0 Å². The number of hydrogen-bond donors (Lipinski definition) is 0. The molecule has 0 fully saturated rings. The second kappa shape index (κ2) is 6.52. The van der Waals surface area contributed by atoms with E-state index in [1.54, 1.807) is 11.3 Å². The van der Waals surface area contributed by atoms with Crippen LogP contribution in [-0.4, -0.2) is 27.6 Å². The highest BCUT2D eigenvalue weighted by Gasteiger charge is 2.18. The topological polar surface area (TPSA) is 30.3 Å². The molecule has 1 aliphatic heterocycles. The maximum Gasteiger partial charge on any atom is 0.0953 e. The number of aromatic nitrogens is 2. The number of hydrogen-bond acceptors (Lipinski definition) is 4. The SMILES string of the molecule is CCOCc1ncn2c1CN(Cc1ccsc1)CCC2. The average molecular weight is 291 g/mol. The Morgan fingerprint density at radius 2 is 2.35 bits per heavy atom. The van der Waals surface area contributed by atoms with Gasteiger partial charge in [0.15, 0.2) is 0 Å². The molecule has 108 valence electrons. The van der Waals surface area contributed by atoms with Gasteiger partial charge in [-0.25, -0.2) is 4.98 Å². The van der Waals surface area contributed by atoms with Crippen molar-refractivity contribution in [2.24, 2.45) is 0 Å². The summed E-state index contributed by atoms with van der Waals surface area (Å²) in [6, 6.07) is 2.22. The second-order valence-electron chi connectivity index (χ2n) is 5.16. The third-order valence-corrected chi connectivity index (χ3v) is 4.44. The molecule has 20 heavy (non-hydrogen) atoms. The lowest BCUT2D eigenvalue weighted by Crippen LogP contribution is -2.23. The van der Waals surface area contributed by atoms with Gasteiger partial charge in [0, 0.05) is 32.8 Å². The van der Waals surface area contributed by atoms with Gasteiger partial charge in [0.1, 0.15) is 0 Å². The quantitative estimate of drug-likeness (QED) is 0.848. The predicted molar refractivity (Wildman–Crippen MR) is 80.6 cm³/mol. The minimum atomic E-state index is 0.630. The summed E-state index contributed by atoms with van der Waals surface area (Å²) in [6.45, 7) is 7.61. The van der Waals surface area contributed by atoms with E-state index in [2.05, 4.69) is 31.3 Å². The van der Waals surface area contributed by atoms with Crippen LogP contribution in [0.4, 0.5) is 0 Å². The molecule has 1 aliphatic rings. The third kappa shape index (κ3) is 3.11. The standard InChI is InChI=1S/C15H21N3OS/c1-2-19-10-14-15-9-17(8-13-4-7-20-11-13)5-3-6-18(15)12-16-14/h4,7,11-12H,2-3,5-6,8-10H2,1H3. The monoisotopic (exact) mass is 291 g/mol. The van der Waals surface area contributed by atoms with Gasteiger partial charge in [-0.3, -0.25) is 4.90 Å². The Hall–Kier alpha value is -1.17. The summed E-state index contributed by atoms with van der Waals surface area (Å²) in [6.07, 6.45) is 3.15. The Bertz CT molecular complexity index is 535. The minimum absolute atomic E-state index is 0.630. The highest BCUT2D eigenvalue weighted by Crippen LogP contribution is 2.19. The fraction of sp³-hybridized carbons (Fsp3) is 0.533. The fourth-order valence-electron chi connectivity index (χ4n) is 2.67.